The number of rotatable bonds is 0. The summed E-state index contributed by atoms with van der Waals surface area (Å²) in [4.78, 5) is 1.04. The molecule has 0 aliphatic rings. The van der Waals surface area contributed by atoms with Crippen LogP contribution in [0.15, 0.2) is 47.4 Å². The molecule has 0 aromatic heterocycles. The summed E-state index contributed by atoms with van der Waals surface area (Å²) < 4.78 is 0. The van der Waals surface area contributed by atoms with E-state index in [0.29, 0.717) is 0 Å². The molecule has 0 atom stereocenters. The monoisotopic (exact) mass is 183 g/mol. The standard InChI is InChI=1S/C10H8S.Na/c11-10-7-3-5-8-4-1-2-6-9(8)10;/h1-7,11H;. The molecular weight excluding hydrogens is 175 g/mol. The fourth-order valence-electron chi connectivity index (χ4n) is 1.21. The SMILES string of the molecule is Sc1cccc2ccccc12.[Na]. The van der Waals surface area contributed by atoms with Crippen molar-refractivity contribution in [1.82, 2.24) is 0 Å². The average Bonchev–Trinajstić information content (AvgIpc) is 2.06. The van der Waals surface area contributed by atoms with E-state index in [9.17, 15) is 0 Å². The third-order valence-corrected chi connectivity index (χ3v) is 2.16. The van der Waals surface area contributed by atoms with E-state index in [2.05, 4.69) is 30.8 Å². The molecule has 55 valence electrons. The molecule has 0 aliphatic heterocycles. The molecule has 2 rings (SSSR count). The van der Waals surface area contributed by atoms with Crippen LogP contribution in [0.5, 0.6) is 0 Å². The zero-order chi connectivity index (χ0) is 7.68. The van der Waals surface area contributed by atoms with Crippen LogP contribution < -0.4 is 0 Å². The van der Waals surface area contributed by atoms with Gasteiger partial charge in [-0.05, 0) is 16.8 Å². The Balaban J connectivity index is 0.000000720. The van der Waals surface area contributed by atoms with Gasteiger partial charge in [-0.1, -0.05) is 36.4 Å². The smallest absolute Gasteiger partial charge is 0.0119 e. The second-order valence-corrected chi connectivity index (χ2v) is 2.98. The maximum atomic E-state index is 4.35. The van der Waals surface area contributed by atoms with Gasteiger partial charge in [0, 0.05) is 34.5 Å². The van der Waals surface area contributed by atoms with Gasteiger partial charge < -0.3 is 0 Å². The molecule has 0 saturated heterocycles. The zero-order valence-electron chi connectivity index (χ0n) is 6.99. The second kappa shape index (κ2) is 4.33. The van der Waals surface area contributed by atoms with Gasteiger partial charge in [0.05, 0.1) is 0 Å². The van der Waals surface area contributed by atoms with Crippen LogP contribution in [0.3, 0.4) is 0 Å². The van der Waals surface area contributed by atoms with E-state index in [1.807, 2.05) is 24.3 Å². The molecule has 0 nitrogen and oxygen atoms in total. The van der Waals surface area contributed by atoms with Gasteiger partial charge in [0.15, 0.2) is 0 Å². The van der Waals surface area contributed by atoms with Crippen LogP contribution in [0.25, 0.3) is 10.8 Å². The second-order valence-electron chi connectivity index (χ2n) is 2.50. The first-order valence-electron chi connectivity index (χ1n) is 3.54. The van der Waals surface area contributed by atoms with E-state index < -0.39 is 0 Å². The molecule has 2 aromatic rings. The van der Waals surface area contributed by atoms with Crippen molar-refractivity contribution in [3.05, 3.63) is 42.5 Å². The molecule has 0 heterocycles. The van der Waals surface area contributed by atoms with Crippen molar-refractivity contribution in [2.45, 2.75) is 4.90 Å². The summed E-state index contributed by atoms with van der Waals surface area (Å²) in [6.07, 6.45) is 0. The molecule has 0 spiro atoms. The van der Waals surface area contributed by atoms with Crippen LogP contribution in [0, 0.1) is 0 Å². The first-order chi connectivity index (χ1) is 5.38. The Hall–Kier alpha value is 0.0500. The number of fused-ring (bicyclic) bond motifs is 1. The van der Waals surface area contributed by atoms with Gasteiger partial charge in [0.2, 0.25) is 0 Å². The molecule has 0 amide bonds. The topological polar surface area (TPSA) is 0 Å². The molecule has 0 unspecified atom stereocenters. The van der Waals surface area contributed by atoms with E-state index in [-0.39, 0.29) is 29.6 Å². The van der Waals surface area contributed by atoms with Crippen molar-refractivity contribution in [2.24, 2.45) is 0 Å². The summed E-state index contributed by atoms with van der Waals surface area (Å²) in [5.41, 5.74) is 0. The largest absolute Gasteiger partial charge is 0.143 e. The van der Waals surface area contributed by atoms with Crippen LogP contribution in [0.4, 0.5) is 0 Å². The minimum absolute atomic E-state index is 0. The third kappa shape index (κ3) is 1.86. The van der Waals surface area contributed by atoms with Gasteiger partial charge in [0.1, 0.15) is 0 Å². The van der Waals surface area contributed by atoms with E-state index >= 15 is 0 Å². The minimum Gasteiger partial charge on any atom is -0.143 e. The number of hydrogen-bond acceptors (Lipinski definition) is 1. The van der Waals surface area contributed by atoms with Crippen molar-refractivity contribution >= 4 is 53.0 Å². The van der Waals surface area contributed by atoms with Crippen LogP contribution in [0.1, 0.15) is 0 Å². The molecule has 0 aliphatic carbocycles. The third-order valence-electron chi connectivity index (χ3n) is 1.77. The minimum atomic E-state index is 0. The van der Waals surface area contributed by atoms with Crippen LogP contribution in [-0.4, -0.2) is 29.6 Å². The van der Waals surface area contributed by atoms with Gasteiger partial charge in [-0.15, -0.1) is 12.6 Å². The van der Waals surface area contributed by atoms with Crippen LogP contribution in [0.2, 0.25) is 0 Å². The molecule has 0 fully saturated rings. The van der Waals surface area contributed by atoms with E-state index in [1.54, 1.807) is 0 Å². The van der Waals surface area contributed by atoms with Gasteiger partial charge >= 0.3 is 0 Å². The number of benzene rings is 2. The maximum Gasteiger partial charge on any atom is 0.0119 e. The van der Waals surface area contributed by atoms with Gasteiger partial charge in [-0.25, -0.2) is 0 Å². The fourth-order valence-corrected chi connectivity index (χ4v) is 1.50. The summed E-state index contributed by atoms with van der Waals surface area (Å²) in [6, 6.07) is 14.4. The Labute approximate surface area is 99.7 Å². The molecule has 2 aromatic carbocycles. The Morgan fingerprint density at radius 3 is 2.25 bits per heavy atom. The van der Waals surface area contributed by atoms with Crippen LogP contribution >= 0.6 is 12.6 Å². The molecule has 1 radical (unpaired) electrons. The van der Waals surface area contributed by atoms with Gasteiger partial charge in [-0.3, -0.25) is 0 Å². The van der Waals surface area contributed by atoms with Crippen LogP contribution in [-0.2, 0) is 0 Å². The summed E-state index contributed by atoms with van der Waals surface area (Å²) in [7, 11) is 0. The molecule has 0 N–H and O–H groups in total. The molecule has 2 heteroatoms. The maximum absolute atomic E-state index is 4.35. The Bertz CT molecular complexity index is 379. The fraction of sp³-hybridized carbons (Fsp3) is 0. The normalized spacial score (nSPS) is 9.42. The first-order valence-corrected chi connectivity index (χ1v) is 3.99. The molecular formula is C10H8NaS. The number of hydrogen-bond donors (Lipinski definition) is 1. The van der Waals surface area contributed by atoms with Crippen molar-refractivity contribution in [3.63, 3.8) is 0 Å². The molecule has 12 heavy (non-hydrogen) atoms. The quantitative estimate of drug-likeness (QED) is 0.471. The summed E-state index contributed by atoms with van der Waals surface area (Å²) in [5, 5.41) is 2.47. The molecule has 0 bridgehead atoms. The zero-order valence-corrected chi connectivity index (χ0v) is 9.88. The summed E-state index contributed by atoms with van der Waals surface area (Å²) in [5.74, 6) is 0. The average molecular weight is 183 g/mol. The number of thiol groups is 1. The van der Waals surface area contributed by atoms with E-state index in [0.717, 1.165) is 4.90 Å². The Morgan fingerprint density at radius 2 is 1.50 bits per heavy atom. The predicted molar refractivity (Wildman–Crippen MR) is 57.0 cm³/mol. The van der Waals surface area contributed by atoms with E-state index in [4.69, 9.17) is 0 Å². The molecule has 0 saturated carbocycles. The van der Waals surface area contributed by atoms with Crippen molar-refractivity contribution < 1.29 is 0 Å². The summed E-state index contributed by atoms with van der Waals surface area (Å²) in [6.45, 7) is 0. The Kier molecular flexibility index (Phi) is 3.66. The van der Waals surface area contributed by atoms with Gasteiger partial charge in [-0.2, -0.15) is 0 Å². The van der Waals surface area contributed by atoms with Crippen molar-refractivity contribution in [3.8, 4) is 0 Å². The van der Waals surface area contributed by atoms with Crippen molar-refractivity contribution in [1.29, 1.82) is 0 Å². The van der Waals surface area contributed by atoms with Gasteiger partial charge in [0.25, 0.3) is 0 Å². The Morgan fingerprint density at radius 1 is 0.833 bits per heavy atom. The predicted octanol–water partition coefficient (Wildman–Crippen LogP) is 2.75. The van der Waals surface area contributed by atoms with E-state index in [1.165, 1.54) is 10.8 Å². The van der Waals surface area contributed by atoms with Crippen molar-refractivity contribution in [2.75, 3.05) is 0 Å². The summed E-state index contributed by atoms with van der Waals surface area (Å²) >= 11 is 4.35. The first kappa shape index (κ1) is 10.1.